The molecule has 1 nitrogen and oxygen atoms in total. The average molecular weight is 248 g/mol. The van der Waals surface area contributed by atoms with Gasteiger partial charge < -0.3 is 4.74 Å². The van der Waals surface area contributed by atoms with Gasteiger partial charge in [0.05, 0.1) is 6.61 Å². The molecular weight excluding hydrogens is 220 g/mol. The molecule has 0 aliphatic carbocycles. The predicted molar refractivity (Wildman–Crippen MR) is 78.9 cm³/mol. The Hall–Kier alpha value is -0.820. The molecular formula is C17H28O. The van der Waals surface area contributed by atoms with Crippen LogP contribution in [0.2, 0.25) is 0 Å². The Morgan fingerprint density at radius 3 is 2.17 bits per heavy atom. The van der Waals surface area contributed by atoms with Gasteiger partial charge in [0.15, 0.2) is 0 Å². The first kappa shape index (κ1) is 15.2. The van der Waals surface area contributed by atoms with E-state index in [0.717, 1.165) is 13.2 Å². The molecule has 0 radical (unpaired) electrons. The highest BCUT2D eigenvalue weighted by Gasteiger charge is 2.12. The Labute approximate surface area is 113 Å². The zero-order valence-corrected chi connectivity index (χ0v) is 12.5. The lowest BCUT2D eigenvalue weighted by molar-refractivity contribution is 0.117. The van der Waals surface area contributed by atoms with Crippen molar-refractivity contribution in [1.82, 2.24) is 0 Å². The Kier molecular flexibility index (Phi) is 6.42. The van der Waals surface area contributed by atoms with E-state index in [-0.39, 0.29) is 5.41 Å². The van der Waals surface area contributed by atoms with Gasteiger partial charge in [-0.25, -0.2) is 0 Å². The molecule has 1 rings (SSSR count). The van der Waals surface area contributed by atoms with Crippen LogP contribution in [-0.4, -0.2) is 6.61 Å². The second-order valence-corrected chi connectivity index (χ2v) is 6.06. The van der Waals surface area contributed by atoms with Crippen molar-refractivity contribution in [2.24, 2.45) is 0 Å². The van der Waals surface area contributed by atoms with Gasteiger partial charge >= 0.3 is 0 Å². The fraction of sp³-hybridized carbons (Fsp3) is 0.647. The summed E-state index contributed by atoms with van der Waals surface area (Å²) in [5.41, 5.74) is 2.90. The first-order chi connectivity index (χ1) is 8.54. The Balaban J connectivity index is 2.27. The molecule has 0 saturated carbocycles. The van der Waals surface area contributed by atoms with Crippen molar-refractivity contribution in [1.29, 1.82) is 0 Å². The van der Waals surface area contributed by atoms with Crippen LogP contribution >= 0.6 is 0 Å². The van der Waals surface area contributed by atoms with Gasteiger partial charge in [0.1, 0.15) is 0 Å². The van der Waals surface area contributed by atoms with Crippen LogP contribution in [0.15, 0.2) is 24.3 Å². The third kappa shape index (κ3) is 5.68. The number of hydrogen-bond acceptors (Lipinski definition) is 1. The van der Waals surface area contributed by atoms with Crippen molar-refractivity contribution < 1.29 is 4.74 Å². The van der Waals surface area contributed by atoms with Crippen LogP contribution in [-0.2, 0) is 16.8 Å². The maximum absolute atomic E-state index is 5.69. The van der Waals surface area contributed by atoms with Crippen LogP contribution in [0, 0.1) is 0 Å². The lowest BCUT2D eigenvalue weighted by Gasteiger charge is -2.19. The van der Waals surface area contributed by atoms with Gasteiger partial charge in [-0.1, -0.05) is 71.2 Å². The highest BCUT2D eigenvalue weighted by molar-refractivity contribution is 5.27. The van der Waals surface area contributed by atoms with E-state index in [2.05, 4.69) is 52.0 Å². The van der Waals surface area contributed by atoms with Gasteiger partial charge in [-0.2, -0.15) is 0 Å². The lowest BCUT2D eigenvalue weighted by atomic mass is 9.87. The minimum atomic E-state index is 0.236. The number of rotatable bonds is 7. The molecule has 0 bridgehead atoms. The number of ether oxygens (including phenoxy) is 1. The molecule has 0 heterocycles. The second kappa shape index (κ2) is 7.58. The number of benzene rings is 1. The Morgan fingerprint density at radius 1 is 0.944 bits per heavy atom. The molecule has 0 saturated heterocycles. The van der Waals surface area contributed by atoms with Gasteiger partial charge in [0.2, 0.25) is 0 Å². The van der Waals surface area contributed by atoms with E-state index >= 15 is 0 Å². The summed E-state index contributed by atoms with van der Waals surface area (Å²) in [6.45, 7) is 10.6. The normalized spacial score (nSPS) is 11.8. The van der Waals surface area contributed by atoms with Crippen molar-refractivity contribution in [3.8, 4) is 0 Å². The fourth-order valence-corrected chi connectivity index (χ4v) is 1.92. The molecule has 0 amide bonds. The molecule has 0 aromatic heterocycles. The van der Waals surface area contributed by atoms with Crippen molar-refractivity contribution in [3.05, 3.63) is 35.4 Å². The van der Waals surface area contributed by atoms with Crippen LogP contribution in [0.3, 0.4) is 0 Å². The Bertz CT molecular complexity index is 318. The third-order valence-corrected chi connectivity index (χ3v) is 3.23. The van der Waals surface area contributed by atoms with Gasteiger partial charge in [0.25, 0.3) is 0 Å². The summed E-state index contributed by atoms with van der Waals surface area (Å²) >= 11 is 0. The van der Waals surface area contributed by atoms with Crippen LogP contribution in [0.25, 0.3) is 0 Å². The van der Waals surface area contributed by atoms with Crippen LogP contribution in [0.5, 0.6) is 0 Å². The number of unbranched alkanes of at least 4 members (excludes halogenated alkanes) is 3. The fourth-order valence-electron chi connectivity index (χ4n) is 1.92. The van der Waals surface area contributed by atoms with Gasteiger partial charge in [-0.15, -0.1) is 0 Å². The summed E-state index contributed by atoms with van der Waals surface area (Å²) in [4.78, 5) is 0. The minimum absolute atomic E-state index is 0.236. The summed E-state index contributed by atoms with van der Waals surface area (Å²) in [5.74, 6) is 0. The van der Waals surface area contributed by atoms with Crippen molar-refractivity contribution in [2.45, 2.75) is 65.4 Å². The molecule has 18 heavy (non-hydrogen) atoms. The lowest BCUT2D eigenvalue weighted by Crippen LogP contribution is -2.10. The van der Waals surface area contributed by atoms with Gasteiger partial charge in [-0.3, -0.25) is 0 Å². The molecule has 1 heteroatoms. The quantitative estimate of drug-likeness (QED) is 0.611. The van der Waals surface area contributed by atoms with Crippen molar-refractivity contribution >= 4 is 0 Å². The molecule has 102 valence electrons. The zero-order chi connectivity index (χ0) is 13.4. The molecule has 0 unspecified atom stereocenters. The maximum atomic E-state index is 5.69. The summed E-state index contributed by atoms with van der Waals surface area (Å²) in [7, 11) is 0. The molecule has 0 atom stereocenters. The smallest absolute Gasteiger partial charge is 0.0716 e. The number of hydrogen-bond donors (Lipinski definition) is 0. The first-order valence-corrected chi connectivity index (χ1v) is 7.21. The second-order valence-electron chi connectivity index (χ2n) is 6.06. The van der Waals surface area contributed by atoms with Crippen molar-refractivity contribution in [3.63, 3.8) is 0 Å². The Morgan fingerprint density at radius 2 is 1.61 bits per heavy atom. The molecule has 0 aliphatic heterocycles. The van der Waals surface area contributed by atoms with Crippen LogP contribution in [0.1, 0.15) is 64.5 Å². The molecule has 0 aliphatic rings. The molecule has 0 spiro atoms. The summed E-state index contributed by atoms with van der Waals surface area (Å²) in [5, 5.41) is 0. The van der Waals surface area contributed by atoms with E-state index in [1.807, 2.05) is 0 Å². The van der Waals surface area contributed by atoms with E-state index in [9.17, 15) is 0 Å². The third-order valence-electron chi connectivity index (χ3n) is 3.23. The molecule has 1 aromatic carbocycles. The zero-order valence-electron chi connectivity index (χ0n) is 12.5. The van der Waals surface area contributed by atoms with E-state index in [1.54, 1.807) is 0 Å². The summed E-state index contributed by atoms with van der Waals surface area (Å²) in [6, 6.07) is 8.81. The average Bonchev–Trinajstić information content (AvgIpc) is 2.33. The van der Waals surface area contributed by atoms with Crippen LogP contribution < -0.4 is 0 Å². The van der Waals surface area contributed by atoms with Gasteiger partial charge in [0, 0.05) is 6.61 Å². The first-order valence-electron chi connectivity index (χ1n) is 7.21. The summed E-state index contributed by atoms with van der Waals surface area (Å²) < 4.78 is 5.69. The largest absolute Gasteiger partial charge is 0.377 e. The molecule has 1 aromatic rings. The maximum Gasteiger partial charge on any atom is 0.0716 e. The molecule has 0 N–H and O–H groups in total. The molecule has 0 fully saturated rings. The van der Waals surface area contributed by atoms with Gasteiger partial charge in [-0.05, 0) is 23.0 Å². The monoisotopic (exact) mass is 248 g/mol. The van der Waals surface area contributed by atoms with E-state index < -0.39 is 0 Å². The van der Waals surface area contributed by atoms with E-state index in [0.29, 0.717) is 0 Å². The van der Waals surface area contributed by atoms with E-state index in [1.165, 1.54) is 36.8 Å². The van der Waals surface area contributed by atoms with E-state index in [4.69, 9.17) is 4.74 Å². The SMILES string of the molecule is CCCCCCOCc1ccc(C(C)(C)C)cc1. The van der Waals surface area contributed by atoms with Crippen molar-refractivity contribution in [2.75, 3.05) is 6.61 Å². The standard InChI is InChI=1S/C17H28O/c1-5-6-7-8-13-18-14-15-9-11-16(12-10-15)17(2,3)4/h9-12H,5-8,13-14H2,1-4H3. The minimum Gasteiger partial charge on any atom is -0.377 e. The predicted octanol–water partition coefficient (Wildman–Crippen LogP) is 5.08. The highest BCUT2D eigenvalue weighted by Crippen LogP contribution is 2.22. The van der Waals surface area contributed by atoms with Crippen LogP contribution in [0.4, 0.5) is 0 Å². The highest BCUT2D eigenvalue weighted by atomic mass is 16.5. The topological polar surface area (TPSA) is 9.23 Å². The summed E-state index contributed by atoms with van der Waals surface area (Å²) in [6.07, 6.45) is 5.09.